The van der Waals surface area contributed by atoms with Crippen LogP contribution in [0.25, 0.3) is 11.2 Å². The lowest BCUT2D eigenvalue weighted by molar-refractivity contribution is 0.529. The molecule has 19 heavy (non-hydrogen) atoms. The number of hydrogen-bond donors (Lipinski definition) is 2. The summed E-state index contributed by atoms with van der Waals surface area (Å²) in [5.74, 6) is 0.573. The lowest BCUT2D eigenvalue weighted by Crippen LogP contribution is -2.06. The summed E-state index contributed by atoms with van der Waals surface area (Å²) in [7, 11) is 0. The van der Waals surface area contributed by atoms with Crippen molar-refractivity contribution in [3.05, 3.63) is 6.33 Å². The molecule has 0 amide bonds. The minimum absolute atomic E-state index is 0. The van der Waals surface area contributed by atoms with E-state index < -0.39 is 0 Å². The molecule has 0 unspecified atom stereocenters. The van der Waals surface area contributed by atoms with Crippen molar-refractivity contribution in [3.8, 4) is 0 Å². The molecule has 3 rings (SSSR count). The molecule has 0 radical (unpaired) electrons. The van der Waals surface area contributed by atoms with Gasteiger partial charge in [-0.15, -0.1) is 37.2 Å². The monoisotopic (exact) mass is 326 g/mol. The minimum Gasteiger partial charge on any atom is -0.382 e. The maximum absolute atomic E-state index is 5.76. The highest BCUT2D eigenvalue weighted by Gasteiger charge is 2.20. The van der Waals surface area contributed by atoms with Crippen molar-refractivity contribution >= 4 is 60.2 Å². The predicted octanol–water partition coefficient (Wildman–Crippen LogP) is 2.37. The number of imidazole rings is 1. The van der Waals surface area contributed by atoms with Gasteiger partial charge in [-0.2, -0.15) is 9.97 Å². The van der Waals surface area contributed by atoms with Gasteiger partial charge in [-0.3, -0.25) is 0 Å². The van der Waals surface area contributed by atoms with E-state index in [1.807, 2.05) is 0 Å². The molecule has 9 heteroatoms. The van der Waals surface area contributed by atoms with Crippen LogP contribution in [0.15, 0.2) is 6.33 Å². The number of anilines is 2. The van der Waals surface area contributed by atoms with Gasteiger partial charge >= 0.3 is 0 Å². The first-order valence-corrected chi connectivity index (χ1v) is 5.51. The summed E-state index contributed by atoms with van der Waals surface area (Å²) in [4.78, 5) is 12.4. The Hall–Kier alpha value is -0.980. The Kier molecular flexibility index (Phi) is 6.62. The molecule has 2 aromatic heterocycles. The average Bonchev–Trinajstić information content (AvgIpc) is 2.83. The van der Waals surface area contributed by atoms with Crippen LogP contribution in [0.4, 0.5) is 11.8 Å². The summed E-state index contributed by atoms with van der Waals surface area (Å²) in [5, 5.41) is 0. The molecular weight excluding hydrogens is 311 g/mol. The van der Waals surface area contributed by atoms with Crippen molar-refractivity contribution in [2.75, 3.05) is 11.5 Å². The number of rotatable bonds is 1. The first-order valence-electron chi connectivity index (χ1n) is 5.51. The zero-order valence-electron chi connectivity index (χ0n) is 10.2. The molecule has 2 aromatic rings. The van der Waals surface area contributed by atoms with Crippen LogP contribution in [0.2, 0.25) is 0 Å². The second-order valence-electron chi connectivity index (χ2n) is 4.23. The Balaban J connectivity index is 0.00000108. The number of nitrogens with zero attached hydrogens (tertiary/aromatic N) is 4. The molecule has 6 nitrogen and oxygen atoms in total. The lowest BCUT2D eigenvalue weighted by Gasteiger charge is -2.11. The fraction of sp³-hybridized carbons (Fsp3) is 0.500. The topological polar surface area (TPSA) is 95.6 Å². The van der Waals surface area contributed by atoms with Gasteiger partial charge in [0.05, 0.1) is 6.33 Å². The predicted molar refractivity (Wildman–Crippen MR) is 83.4 cm³/mol. The van der Waals surface area contributed by atoms with Crippen LogP contribution in [0.1, 0.15) is 31.7 Å². The third-order valence-electron chi connectivity index (χ3n) is 3.18. The van der Waals surface area contributed by atoms with Gasteiger partial charge in [-0.1, -0.05) is 12.8 Å². The van der Waals surface area contributed by atoms with Crippen LogP contribution in [0.3, 0.4) is 0 Å². The number of aromatic nitrogens is 4. The molecule has 0 spiro atoms. The van der Waals surface area contributed by atoms with Crippen LogP contribution in [-0.2, 0) is 0 Å². The molecule has 0 atom stereocenters. The van der Waals surface area contributed by atoms with E-state index in [1.165, 1.54) is 25.7 Å². The Labute approximate surface area is 129 Å². The van der Waals surface area contributed by atoms with Crippen molar-refractivity contribution < 1.29 is 0 Å². The Morgan fingerprint density at radius 3 is 2.32 bits per heavy atom. The zero-order chi connectivity index (χ0) is 11.1. The van der Waals surface area contributed by atoms with Gasteiger partial charge in [0.25, 0.3) is 0 Å². The highest BCUT2D eigenvalue weighted by atomic mass is 35.5. The summed E-state index contributed by atoms with van der Waals surface area (Å²) in [6.07, 6.45) is 6.68. The van der Waals surface area contributed by atoms with Crippen molar-refractivity contribution in [3.63, 3.8) is 0 Å². The smallest absolute Gasteiger partial charge is 0.224 e. The number of nitrogens with two attached hydrogens (primary N) is 2. The SMILES string of the molecule is Cl.Cl.Cl.Nc1nc(N)c2ncn(C3CCCC3)c2n1. The largest absolute Gasteiger partial charge is 0.382 e. The third-order valence-corrected chi connectivity index (χ3v) is 3.18. The normalized spacial score (nSPS) is 14.5. The van der Waals surface area contributed by atoms with Gasteiger partial charge < -0.3 is 16.0 Å². The van der Waals surface area contributed by atoms with Crippen LogP contribution in [0.5, 0.6) is 0 Å². The third kappa shape index (κ3) is 3.13. The Morgan fingerprint density at radius 1 is 1.05 bits per heavy atom. The summed E-state index contributed by atoms with van der Waals surface area (Å²) in [6.45, 7) is 0. The van der Waals surface area contributed by atoms with Gasteiger partial charge in [0, 0.05) is 6.04 Å². The second-order valence-corrected chi connectivity index (χ2v) is 4.23. The summed E-state index contributed by atoms with van der Waals surface area (Å²) < 4.78 is 2.08. The quantitative estimate of drug-likeness (QED) is 0.838. The maximum Gasteiger partial charge on any atom is 0.224 e. The number of fused-ring (bicyclic) bond motifs is 1. The fourth-order valence-corrected chi connectivity index (χ4v) is 2.41. The zero-order valence-corrected chi connectivity index (χ0v) is 12.6. The summed E-state index contributed by atoms with van der Waals surface area (Å²) in [5.41, 5.74) is 12.8. The molecular formula is C10H17Cl3N6. The molecule has 1 aliphatic carbocycles. The Bertz CT molecular complexity index is 537. The number of nitrogen functional groups attached to an aromatic ring is 2. The number of halogens is 3. The Morgan fingerprint density at radius 2 is 1.68 bits per heavy atom. The molecule has 0 aromatic carbocycles. The molecule has 1 fully saturated rings. The maximum atomic E-state index is 5.76. The van der Waals surface area contributed by atoms with Crippen LogP contribution in [0, 0.1) is 0 Å². The summed E-state index contributed by atoms with van der Waals surface area (Å²) >= 11 is 0. The van der Waals surface area contributed by atoms with Gasteiger partial charge in [0.2, 0.25) is 5.95 Å². The molecule has 1 saturated carbocycles. The van der Waals surface area contributed by atoms with Crippen LogP contribution in [-0.4, -0.2) is 19.5 Å². The average molecular weight is 328 g/mol. The molecule has 1 aliphatic rings. The molecule has 0 saturated heterocycles. The first-order chi connectivity index (χ1) is 7.75. The molecule has 2 heterocycles. The van der Waals surface area contributed by atoms with Gasteiger partial charge in [-0.25, -0.2) is 4.98 Å². The van der Waals surface area contributed by atoms with Gasteiger partial charge in [0.1, 0.15) is 5.52 Å². The van der Waals surface area contributed by atoms with Crippen molar-refractivity contribution in [1.82, 2.24) is 19.5 Å². The van der Waals surface area contributed by atoms with E-state index in [2.05, 4.69) is 19.5 Å². The second kappa shape index (κ2) is 6.98. The van der Waals surface area contributed by atoms with Crippen LogP contribution < -0.4 is 11.5 Å². The lowest BCUT2D eigenvalue weighted by atomic mass is 10.2. The van der Waals surface area contributed by atoms with Crippen molar-refractivity contribution in [2.24, 2.45) is 0 Å². The summed E-state index contributed by atoms with van der Waals surface area (Å²) in [6, 6.07) is 0.485. The standard InChI is InChI=1S/C10H14N6.3ClH/c11-8-7-9(15-10(12)14-8)16(5-13-7)6-3-1-2-4-6;;;/h5-6H,1-4H2,(H4,11,12,14,15);3*1H. The highest BCUT2D eigenvalue weighted by molar-refractivity contribution is 5.86. The van der Waals surface area contributed by atoms with E-state index in [4.69, 9.17) is 11.5 Å². The van der Waals surface area contributed by atoms with E-state index in [-0.39, 0.29) is 43.2 Å². The van der Waals surface area contributed by atoms with E-state index in [1.54, 1.807) is 6.33 Å². The minimum atomic E-state index is 0. The first kappa shape index (κ1) is 18.0. The molecule has 4 N–H and O–H groups in total. The molecule has 108 valence electrons. The number of hydrogen-bond acceptors (Lipinski definition) is 5. The van der Waals surface area contributed by atoms with Gasteiger partial charge in [-0.05, 0) is 12.8 Å². The van der Waals surface area contributed by atoms with Gasteiger partial charge in [0.15, 0.2) is 11.5 Å². The fourth-order valence-electron chi connectivity index (χ4n) is 2.41. The molecule has 0 bridgehead atoms. The van der Waals surface area contributed by atoms with E-state index in [9.17, 15) is 0 Å². The van der Waals surface area contributed by atoms with E-state index in [0.717, 1.165) is 5.65 Å². The van der Waals surface area contributed by atoms with E-state index >= 15 is 0 Å². The van der Waals surface area contributed by atoms with Crippen molar-refractivity contribution in [2.45, 2.75) is 31.7 Å². The molecule has 0 aliphatic heterocycles. The van der Waals surface area contributed by atoms with Crippen molar-refractivity contribution in [1.29, 1.82) is 0 Å². The highest BCUT2D eigenvalue weighted by Crippen LogP contribution is 2.32. The van der Waals surface area contributed by atoms with E-state index in [0.29, 0.717) is 17.4 Å². The van der Waals surface area contributed by atoms with Crippen LogP contribution >= 0.6 is 37.2 Å².